The largest absolute Gasteiger partial charge is 0.449 e. The van der Waals surface area contributed by atoms with Crippen LogP contribution in [0.4, 0.5) is 26.7 Å². The van der Waals surface area contributed by atoms with Crippen molar-refractivity contribution in [3.8, 4) is 0 Å². The van der Waals surface area contributed by atoms with E-state index in [1.54, 1.807) is 71.9 Å². The minimum Gasteiger partial charge on any atom is -0.449 e. The van der Waals surface area contributed by atoms with Crippen molar-refractivity contribution in [3.05, 3.63) is 93.0 Å². The quantitative estimate of drug-likeness (QED) is 0.108. The van der Waals surface area contributed by atoms with Gasteiger partial charge in [0.2, 0.25) is 23.6 Å². The van der Waals surface area contributed by atoms with Crippen LogP contribution in [0, 0.1) is 0 Å². The number of allylic oxidation sites excluding steroid dienone is 2. The van der Waals surface area contributed by atoms with E-state index < -0.39 is 28.5 Å². The molecule has 1 saturated carbocycles. The van der Waals surface area contributed by atoms with Crippen LogP contribution in [0.1, 0.15) is 229 Å². The van der Waals surface area contributed by atoms with Gasteiger partial charge < -0.3 is 43.9 Å². The molecule has 0 atom stereocenters. The van der Waals surface area contributed by atoms with E-state index in [1.165, 1.54) is 14.7 Å². The van der Waals surface area contributed by atoms with Crippen molar-refractivity contribution in [2.45, 2.75) is 214 Å². The summed E-state index contributed by atoms with van der Waals surface area (Å²) < 4.78 is 88.5. The van der Waals surface area contributed by atoms with Crippen LogP contribution in [0.5, 0.6) is 0 Å². The van der Waals surface area contributed by atoms with Crippen LogP contribution in [0.3, 0.4) is 0 Å². The van der Waals surface area contributed by atoms with Crippen molar-refractivity contribution in [2.24, 2.45) is 0 Å². The number of aromatic nitrogens is 3. The molecule has 25 heteroatoms. The van der Waals surface area contributed by atoms with Crippen molar-refractivity contribution < 1.29 is 68.7 Å². The molecule has 11 rings (SSSR count). The fraction of sp³-hybridized carbons (Fsp3) is 0.574. The van der Waals surface area contributed by atoms with Gasteiger partial charge in [-0.1, -0.05) is 94.8 Å². The highest BCUT2D eigenvalue weighted by Crippen LogP contribution is 2.44. The molecule has 18 nitrogen and oxygen atoms in total. The molecule has 6 amide bonds. The highest BCUT2D eigenvalue weighted by atomic mass is 35.5. The molecule has 0 unspecified atom stereocenters. The maximum Gasteiger partial charge on any atom is 0.290 e. The third-order valence-electron chi connectivity index (χ3n) is 17.6. The molecular weight excluding hydrogens is 1240 g/mol. The van der Waals surface area contributed by atoms with Gasteiger partial charge in [-0.25, -0.2) is 32.5 Å². The van der Waals surface area contributed by atoms with Crippen LogP contribution in [0.2, 0.25) is 5.15 Å². The SMILES string of the molecule is C.C.CC(C)(C)c1cc(C2=CCC(F)(F)CC2)nc2cc(C(=O)N3CCNC(=O)C3(C)C)oc12.CC(C)(C)c1cc(C2CCC(F)(F)CC2)nc2cc(C(=O)N3CCNC(=O)C3(C)C)oc12.CC(C)(C)c1cc(Cl)nc2cc(C(=O)N3CCNC(=O)C3(C)C)oc12.FF. The minimum atomic E-state index is -2.68. The van der Waals surface area contributed by atoms with Gasteiger partial charge in [-0.3, -0.25) is 28.8 Å². The van der Waals surface area contributed by atoms with Crippen LogP contribution in [0.15, 0.2) is 55.7 Å². The van der Waals surface area contributed by atoms with Gasteiger partial charge >= 0.3 is 0 Å². The number of carbonyl (C=O) groups is 6. The molecule has 4 fully saturated rings. The smallest absolute Gasteiger partial charge is 0.290 e. The van der Waals surface area contributed by atoms with Crippen molar-refractivity contribution >= 4 is 85.9 Å². The van der Waals surface area contributed by atoms with Crippen LogP contribution < -0.4 is 16.0 Å². The fourth-order valence-electron chi connectivity index (χ4n) is 11.9. The van der Waals surface area contributed by atoms with Crippen LogP contribution in [-0.4, -0.2) is 133 Å². The molecule has 6 aromatic heterocycles. The second kappa shape index (κ2) is 27.1. The molecule has 510 valence electrons. The number of carbonyl (C=O) groups excluding carboxylic acids is 6. The average Bonchev–Trinajstić information content (AvgIpc) is 1.67. The molecule has 0 aromatic carbocycles. The van der Waals surface area contributed by atoms with Gasteiger partial charge in [0.05, 0.1) is 5.69 Å². The maximum absolute atomic E-state index is 13.7. The Bertz CT molecular complexity index is 3840. The Labute approximate surface area is 544 Å². The van der Waals surface area contributed by atoms with E-state index in [0.29, 0.717) is 96.3 Å². The number of furan rings is 3. The van der Waals surface area contributed by atoms with Gasteiger partial charge in [0.1, 0.15) is 38.3 Å². The zero-order chi connectivity index (χ0) is 67.5. The molecule has 0 radical (unpaired) electrons. The molecule has 5 aliphatic rings. The topological polar surface area (TPSA) is 226 Å². The highest BCUT2D eigenvalue weighted by molar-refractivity contribution is 6.30. The molecule has 0 spiro atoms. The Morgan fingerprint density at radius 2 is 0.882 bits per heavy atom. The molecular formula is C68H90ClF6N9O9. The molecule has 3 N–H and O–H groups in total. The summed E-state index contributed by atoms with van der Waals surface area (Å²) in [6.45, 7) is 31.0. The lowest BCUT2D eigenvalue weighted by Gasteiger charge is -2.40. The summed E-state index contributed by atoms with van der Waals surface area (Å²) in [4.78, 5) is 94.4. The van der Waals surface area contributed by atoms with Crippen LogP contribution in [0.25, 0.3) is 38.9 Å². The summed E-state index contributed by atoms with van der Waals surface area (Å²) in [7, 11) is 0. The van der Waals surface area contributed by atoms with Gasteiger partial charge in [-0.2, -0.15) is 0 Å². The Morgan fingerprint density at radius 3 is 1.25 bits per heavy atom. The van der Waals surface area contributed by atoms with Gasteiger partial charge in [-0.05, 0) is 101 Å². The lowest BCUT2D eigenvalue weighted by atomic mass is 9.81. The lowest BCUT2D eigenvalue weighted by Crippen LogP contribution is -2.63. The Kier molecular flexibility index (Phi) is 21.7. The van der Waals surface area contributed by atoms with E-state index in [-0.39, 0.29) is 122 Å². The lowest BCUT2D eigenvalue weighted by molar-refractivity contribution is -0.133. The number of fused-ring (bicyclic) bond motifs is 3. The van der Waals surface area contributed by atoms with E-state index in [4.69, 9.17) is 39.0 Å². The van der Waals surface area contributed by atoms with Crippen molar-refractivity contribution in [2.75, 3.05) is 39.3 Å². The molecule has 0 bridgehead atoms. The molecule has 3 saturated heterocycles. The summed E-state index contributed by atoms with van der Waals surface area (Å²) in [5, 5.41) is 8.70. The standard InChI is InChI=1S/C24H31F2N3O3.C24H29F2N3O3.C18H22ClN3O3.2CH4.F2/c2*1-22(2,3)15-12-16(14-6-8-24(25,26)9-7-14)28-17-13-18(32-19(15)17)20(30)29-11-10-27-21(31)23(29,4)5;1-17(2,3)10-8-13(19)21-11-9-12(25-14(10)11)15(23)22-7-6-20-16(24)18(22,4)5;;;1-2/h12-14H,6-11H2,1-5H3,(H,27,31);6,12-13H,7-11H2,1-5H3,(H,27,31);8-9H,6-7H2,1-5H3,(H,20,24);2*1H4;. The maximum atomic E-state index is 13.7. The van der Waals surface area contributed by atoms with Gasteiger partial charge in [0.25, 0.3) is 23.6 Å². The van der Waals surface area contributed by atoms with Gasteiger partial charge in [0, 0.05) is 121 Å². The first-order valence-electron chi connectivity index (χ1n) is 30.5. The van der Waals surface area contributed by atoms with E-state index in [0.717, 1.165) is 28.0 Å². The first kappa shape index (κ1) is 74.5. The first-order chi connectivity index (χ1) is 42.1. The van der Waals surface area contributed by atoms with E-state index >= 15 is 0 Å². The van der Waals surface area contributed by atoms with Gasteiger partial charge in [0.15, 0.2) is 34.0 Å². The molecule has 6 aromatic rings. The number of alkyl halides is 4. The van der Waals surface area contributed by atoms with E-state index in [1.807, 2.05) is 74.4 Å². The minimum absolute atomic E-state index is 0. The number of piperazine rings is 3. The zero-order valence-electron chi connectivity index (χ0n) is 54.3. The monoisotopic (exact) mass is 1330 g/mol. The third kappa shape index (κ3) is 15.5. The van der Waals surface area contributed by atoms with Crippen LogP contribution in [-0.2, 0) is 30.6 Å². The van der Waals surface area contributed by atoms with Gasteiger partial charge in [-0.15, -0.1) is 0 Å². The number of pyridine rings is 3. The Hall–Kier alpha value is -7.50. The number of nitrogens with one attached hydrogen (secondary N) is 3. The summed E-state index contributed by atoms with van der Waals surface area (Å²) in [5.74, 6) is -6.58. The summed E-state index contributed by atoms with van der Waals surface area (Å²) in [6, 6.07) is 10.4. The average molecular weight is 1330 g/mol. The number of amides is 6. The van der Waals surface area contributed by atoms with Crippen LogP contribution >= 0.6 is 11.6 Å². The fourth-order valence-corrected chi connectivity index (χ4v) is 12.1. The number of halogens is 7. The number of hydrogen-bond acceptors (Lipinski definition) is 12. The summed E-state index contributed by atoms with van der Waals surface area (Å²) in [5.41, 5.74) is 4.25. The van der Waals surface area contributed by atoms with E-state index in [9.17, 15) is 46.3 Å². The Balaban J connectivity index is 0.000000218. The third-order valence-corrected chi connectivity index (χ3v) is 17.8. The molecule has 2 aliphatic carbocycles. The number of nitrogens with zero attached hydrogens (tertiary/aromatic N) is 6. The molecule has 3 aliphatic heterocycles. The predicted molar refractivity (Wildman–Crippen MR) is 346 cm³/mol. The summed E-state index contributed by atoms with van der Waals surface area (Å²) in [6.07, 6.45) is 1.80. The van der Waals surface area contributed by atoms with E-state index in [2.05, 4.69) is 25.9 Å². The van der Waals surface area contributed by atoms with Crippen molar-refractivity contribution in [3.63, 3.8) is 0 Å². The Morgan fingerprint density at radius 1 is 0.527 bits per heavy atom. The number of rotatable bonds is 5. The second-order valence-corrected chi connectivity index (χ2v) is 29.0. The number of hydrogen-bond donors (Lipinski definition) is 3. The van der Waals surface area contributed by atoms with Crippen molar-refractivity contribution in [1.82, 2.24) is 45.6 Å². The normalized spacial score (nSPS) is 19.4. The molecule has 9 heterocycles. The predicted octanol–water partition coefficient (Wildman–Crippen LogP) is 14.7. The first-order valence-corrected chi connectivity index (χ1v) is 30.9. The molecule has 93 heavy (non-hydrogen) atoms. The second-order valence-electron chi connectivity index (χ2n) is 28.6. The van der Waals surface area contributed by atoms with Crippen molar-refractivity contribution in [1.29, 1.82) is 0 Å². The summed E-state index contributed by atoms with van der Waals surface area (Å²) >= 11 is 6.13. The zero-order valence-corrected chi connectivity index (χ0v) is 55.1. The highest BCUT2D eigenvalue weighted by Gasteiger charge is 2.46.